The van der Waals surface area contributed by atoms with E-state index in [4.69, 9.17) is 11.6 Å². The zero-order valence-corrected chi connectivity index (χ0v) is 15.3. The minimum absolute atomic E-state index is 0.191. The second kappa shape index (κ2) is 7.22. The van der Waals surface area contributed by atoms with Gasteiger partial charge in [-0.25, -0.2) is 4.68 Å². The van der Waals surface area contributed by atoms with Crippen molar-refractivity contribution in [1.29, 1.82) is 0 Å². The molecule has 2 heterocycles. The van der Waals surface area contributed by atoms with Crippen LogP contribution in [0.15, 0.2) is 72.0 Å². The number of rotatable bonds is 4. The molecule has 0 saturated carbocycles. The predicted molar refractivity (Wildman–Crippen MR) is 105 cm³/mol. The lowest BCUT2D eigenvalue weighted by atomic mass is 10.1. The van der Waals surface area contributed by atoms with Crippen molar-refractivity contribution >= 4 is 17.6 Å². The summed E-state index contributed by atoms with van der Waals surface area (Å²) in [5.74, 6) is 0.900. The molecular formula is C20H20ClN5. The minimum atomic E-state index is 0.191. The Bertz CT molecular complexity index is 901. The summed E-state index contributed by atoms with van der Waals surface area (Å²) >= 11 is 5.97. The number of benzene rings is 2. The molecule has 26 heavy (non-hydrogen) atoms. The molecule has 0 radical (unpaired) electrons. The molecule has 0 bridgehead atoms. The molecule has 5 nitrogen and oxygen atoms in total. The molecule has 1 aliphatic heterocycles. The van der Waals surface area contributed by atoms with Crippen molar-refractivity contribution in [1.82, 2.24) is 20.0 Å². The number of halogens is 1. The summed E-state index contributed by atoms with van der Waals surface area (Å²) in [6, 6.07) is 18.2. The van der Waals surface area contributed by atoms with Crippen LogP contribution in [0.5, 0.6) is 0 Å². The Morgan fingerprint density at radius 3 is 2.69 bits per heavy atom. The molecule has 1 atom stereocenters. The first kappa shape index (κ1) is 16.7. The maximum atomic E-state index is 5.97. The van der Waals surface area contributed by atoms with E-state index in [0.717, 1.165) is 35.3 Å². The average Bonchev–Trinajstić information content (AvgIpc) is 3.33. The van der Waals surface area contributed by atoms with Crippen molar-refractivity contribution in [3.8, 4) is 5.69 Å². The number of nitrogens with one attached hydrogen (secondary N) is 1. The molecule has 0 aliphatic carbocycles. The van der Waals surface area contributed by atoms with Crippen LogP contribution in [0.2, 0.25) is 5.02 Å². The van der Waals surface area contributed by atoms with Gasteiger partial charge >= 0.3 is 0 Å². The summed E-state index contributed by atoms with van der Waals surface area (Å²) in [5.41, 5.74) is 3.38. The summed E-state index contributed by atoms with van der Waals surface area (Å²) in [5, 5.41) is 8.70. The number of hydrogen-bond donors (Lipinski definition) is 1. The van der Waals surface area contributed by atoms with E-state index >= 15 is 0 Å². The molecule has 1 aliphatic rings. The second-order valence-electron chi connectivity index (χ2n) is 6.40. The van der Waals surface area contributed by atoms with Gasteiger partial charge in [-0.2, -0.15) is 5.10 Å². The highest BCUT2D eigenvalue weighted by atomic mass is 35.5. The Morgan fingerprint density at radius 2 is 1.92 bits per heavy atom. The highest BCUT2D eigenvalue weighted by Gasteiger charge is 2.21. The fraction of sp³-hybridized carbons (Fsp3) is 0.200. The van der Waals surface area contributed by atoms with Crippen LogP contribution >= 0.6 is 11.6 Å². The van der Waals surface area contributed by atoms with Crippen LogP contribution in [0.3, 0.4) is 0 Å². The number of aliphatic imine (C=N–C) groups is 1. The largest absolute Gasteiger partial charge is 0.348 e. The number of para-hydroxylation sites is 1. The fourth-order valence-electron chi connectivity index (χ4n) is 3.05. The lowest BCUT2D eigenvalue weighted by Gasteiger charge is -2.20. The number of aromatic nitrogens is 2. The Hall–Kier alpha value is -2.79. The number of guanidine groups is 1. The van der Waals surface area contributed by atoms with Crippen molar-refractivity contribution in [3.63, 3.8) is 0 Å². The van der Waals surface area contributed by atoms with Gasteiger partial charge in [0.25, 0.3) is 0 Å². The van der Waals surface area contributed by atoms with Crippen LogP contribution < -0.4 is 5.32 Å². The lowest BCUT2D eigenvalue weighted by Crippen LogP contribution is -2.36. The number of nitrogens with zero attached hydrogens (tertiary/aromatic N) is 4. The summed E-state index contributed by atoms with van der Waals surface area (Å²) in [6.45, 7) is 1.47. The molecule has 1 N–H and O–H groups in total. The molecule has 0 spiro atoms. The van der Waals surface area contributed by atoms with Crippen LogP contribution in [-0.4, -0.2) is 34.2 Å². The van der Waals surface area contributed by atoms with E-state index in [1.807, 2.05) is 72.5 Å². The van der Waals surface area contributed by atoms with Gasteiger partial charge in [0.15, 0.2) is 5.96 Å². The SMILES string of the molecule is CN(Cc1cnn(-c2ccccc2)c1)C1=NCC(c2ccc(Cl)cc2)N1. The van der Waals surface area contributed by atoms with Gasteiger partial charge in [-0.3, -0.25) is 4.99 Å². The normalized spacial score (nSPS) is 16.2. The standard InChI is InChI=1S/C20H20ClN5/c1-25(13-15-11-23-26(14-15)18-5-3-2-4-6-18)20-22-12-19(24-20)16-7-9-17(21)10-8-16/h2-11,14,19H,12-13H2,1H3,(H,22,24). The first-order valence-electron chi connectivity index (χ1n) is 8.55. The number of hydrogen-bond acceptors (Lipinski definition) is 4. The highest BCUT2D eigenvalue weighted by molar-refractivity contribution is 6.30. The van der Waals surface area contributed by atoms with Crippen molar-refractivity contribution < 1.29 is 0 Å². The molecule has 0 saturated heterocycles. The minimum Gasteiger partial charge on any atom is -0.348 e. The van der Waals surface area contributed by atoms with Crippen LogP contribution in [0.4, 0.5) is 0 Å². The quantitative estimate of drug-likeness (QED) is 0.767. The van der Waals surface area contributed by atoms with E-state index in [2.05, 4.69) is 26.5 Å². The first-order valence-corrected chi connectivity index (χ1v) is 8.93. The van der Waals surface area contributed by atoms with Gasteiger partial charge in [0.1, 0.15) is 0 Å². The van der Waals surface area contributed by atoms with E-state index in [0.29, 0.717) is 0 Å². The van der Waals surface area contributed by atoms with E-state index < -0.39 is 0 Å². The van der Waals surface area contributed by atoms with E-state index in [9.17, 15) is 0 Å². The Morgan fingerprint density at radius 1 is 1.15 bits per heavy atom. The van der Waals surface area contributed by atoms with Crippen molar-refractivity contribution in [2.75, 3.05) is 13.6 Å². The molecule has 2 aromatic carbocycles. The van der Waals surface area contributed by atoms with E-state index in [1.54, 1.807) is 0 Å². The van der Waals surface area contributed by atoms with Gasteiger partial charge in [0.05, 0.1) is 24.5 Å². The molecule has 4 rings (SSSR count). The molecule has 0 fully saturated rings. The second-order valence-corrected chi connectivity index (χ2v) is 6.83. The van der Waals surface area contributed by atoms with E-state index in [-0.39, 0.29) is 6.04 Å². The third-order valence-electron chi connectivity index (χ3n) is 4.44. The average molecular weight is 366 g/mol. The maximum absolute atomic E-state index is 5.97. The molecule has 0 amide bonds. The smallest absolute Gasteiger partial charge is 0.194 e. The van der Waals surface area contributed by atoms with Crippen molar-refractivity contribution in [2.24, 2.45) is 4.99 Å². The van der Waals surface area contributed by atoms with Crippen LogP contribution in [0.25, 0.3) is 5.69 Å². The first-order chi connectivity index (χ1) is 12.7. The summed E-state index contributed by atoms with van der Waals surface area (Å²) < 4.78 is 1.89. The predicted octanol–water partition coefficient (Wildman–Crippen LogP) is 3.66. The third kappa shape index (κ3) is 3.58. The zero-order chi connectivity index (χ0) is 17.9. The highest BCUT2D eigenvalue weighted by Crippen LogP contribution is 2.20. The molecule has 1 aromatic heterocycles. The zero-order valence-electron chi connectivity index (χ0n) is 14.5. The Balaban J connectivity index is 1.39. The maximum Gasteiger partial charge on any atom is 0.194 e. The van der Waals surface area contributed by atoms with Crippen LogP contribution in [-0.2, 0) is 6.54 Å². The monoisotopic (exact) mass is 365 g/mol. The Labute approximate surface area is 157 Å². The van der Waals surface area contributed by atoms with Gasteiger partial charge in [-0.05, 0) is 29.8 Å². The molecule has 3 aromatic rings. The fourth-order valence-corrected chi connectivity index (χ4v) is 3.18. The van der Waals surface area contributed by atoms with Gasteiger partial charge < -0.3 is 10.2 Å². The van der Waals surface area contributed by atoms with Gasteiger partial charge in [-0.1, -0.05) is 41.9 Å². The summed E-state index contributed by atoms with van der Waals surface area (Å²) in [4.78, 5) is 6.76. The summed E-state index contributed by atoms with van der Waals surface area (Å²) in [6.07, 6.45) is 3.95. The van der Waals surface area contributed by atoms with Crippen molar-refractivity contribution in [3.05, 3.63) is 83.1 Å². The van der Waals surface area contributed by atoms with E-state index in [1.165, 1.54) is 5.56 Å². The third-order valence-corrected chi connectivity index (χ3v) is 4.69. The van der Waals surface area contributed by atoms with Gasteiger partial charge in [0.2, 0.25) is 0 Å². The lowest BCUT2D eigenvalue weighted by molar-refractivity contribution is 0.480. The molecule has 6 heteroatoms. The van der Waals surface area contributed by atoms with Crippen molar-refractivity contribution in [2.45, 2.75) is 12.6 Å². The van der Waals surface area contributed by atoms with Gasteiger partial charge in [-0.15, -0.1) is 0 Å². The topological polar surface area (TPSA) is 45.5 Å². The summed E-state index contributed by atoms with van der Waals surface area (Å²) in [7, 11) is 2.04. The Kier molecular flexibility index (Phi) is 4.63. The molecule has 1 unspecified atom stereocenters. The van der Waals surface area contributed by atoms with Gasteiger partial charge in [0, 0.05) is 30.4 Å². The van der Waals surface area contributed by atoms with Crippen LogP contribution in [0, 0.1) is 0 Å². The molecule has 132 valence electrons. The van der Waals surface area contributed by atoms with Crippen LogP contribution in [0.1, 0.15) is 17.2 Å². The molecular weight excluding hydrogens is 346 g/mol.